The van der Waals surface area contributed by atoms with Crippen LogP contribution in [0, 0.1) is 0 Å². The number of rotatable bonds is 4. The number of piperidine rings is 2. The van der Waals surface area contributed by atoms with Gasteiger partial charge in [-0.15, -0.1) is 0 Å². The van der Waals surface area contributed by atoms with Crippen LogP contribution in [-0.2, 0) is 28.1 Å². The van der Waals surface area contributed by atoms with Gasteiger partial charge in [0.2, 0.25) is 24.0 Å². The van der Waals surface area contributed by atoms with Gasteiger partial charge in [-0.25, -0.2) is 0 Å². The SMILES string of the molecule is O=C1CCC(N2Cc3c(ccc4c3OCC43CCN(Cc4cccc(-c5ncon5)c4)CC3)C2=O)C(=O)N1. The fraction of sp³-hybridized carbons (Fsp3) is 0.393. The maximum absolute atomic E-state index is 13.2. The van der Waals surface area contributed by atoms with E-state index in [1.165, 1.54) is 17.5 Å². The fourth-order valence-electron chi connectivity index (χ4n) is 6.40. The lowest BCUT2D eigenvalue weighted by atomic mass is 9.74. The van der Waals surface area contributed by atoms with Crippen molar-refractivity contribution in [2.45, 2.75) is 50.2 Å². The number of carbonyl (C=O) groups excluding carboxylic acids is 3. The molecule has 194 valence electrons. The van der Waals surface area contributed by atoms with Crippen LogP contribution in [0.1, 0.15) is 52.7 Å². The first-order valence-corrected chi connectivity index (χ1v) is 13.0. The maximum Gasteiger partial charge on any atom is 0.255 e. The lowest BCUT2D eigenvalue weighted by molar-refractivity contribution is -0.136. The number of imide groups is 1. The third-order valence-corrected chi connectivity index (χ3v) is 8.50. The molecule has 2 aromatic carbocycles. The van der Waals surface area contributed by atoms with Crippen LogP contribution in [0.4, 0.5) is 0 Å². The number of aromatic nitrogens is 2. The van der Waals surface area contributed by atoms with Gasteiger partial charge in [0.1, 0.15) is 11.8 Å². The van der Waals surface area contributed by atoms with Crippen LogP contribution in [0.25, 0.3) is 11.4 Å². The average Bonchev–Trinajstić information content (AvgIpc) is 3.65. The smallest absolute Gasteiger partial charge is 0.255 e. The molecular weight excluding hydrogens is 486 g/mol. The number of carbonyl (C=O) groups is 3. The van der Waals surface area contributed by atoms with Crippen molar-refractivity contribution >= 4 is 17.7 Å². The van der Waals surface area contributed by atoms with Crippen LogP contribution in [0.5, 0.6) is 5.75 Å². The van der Waals surface area contributed by atoms with E-state index in [1.54, 1.807) is 4.90 Å². The Morgan fingerprint density at radius 1 is 1.11 bits per heavy atom. The van der Waals surface area contributed by atoms with Gasteiger partial charge in [0.25, 0.3) is 5.91 Å². The van der Waals surface area contributed by atoms with Crippen LogP contribution < -0.4 is 10.1 Å². The number of fused-ring (bicyclic) bond motifs is 4. The molecule has 10 nitrogen and oxygen atoms in total. The monoisotopic (exact) mass is 513 g/mol. The summed E-state index contributed by atoms with van der Waals surface area (Å²) >= 11 is 0. The van der Waals surface area contributed by atoms with Crippen molar-refractivity contribution in [1.29, 1.82) is 0 Å². The Balaban J connectivity index is 1.06. The number of nitrogens with zero attached hydrogens (tertiary/aromatic N) is 4. The van der Waals surface area contributed by atoms with Gasteiger partial charge in [-0.2, -0.15) is 4.98 Å². The molecule has 2 saturated heterocycles. The van der Waals surface area contributed by atoms with Gasteiger partial charge in [-0.05, 0) is 50.0 Å². The topological polar surface area (TPSA) is 118 Å². The lowest BCUT2D eigenvalue weighted by Gasteiger charge is -2.38. The number of ether oxygens (including phenoxy) is 1. The summed E-state index contributed by atoms with van der Waals surface area (Å²) in [7, 11) is 0. The Morgan fingerprint density at radius 2 is 1.97 bits per heavy atom. The summed E-state index contributed by atoms with van der Waals surface area (Å²) < 4.78 is 11.2. The van der Waals surface area contributed by atoms with Crippen molar-refractivity contribution < 1.29 is 23.6 Å². The first-order valence-electron chi connectivity index (χ1n) is 13.0. The van der Waals surface area contributed by atoms with E-state index in [4.69, 9.17) is 9.26 Å². The van der Waals surface area contributed by atoms with Crippen molar-refractivity contribution in [3.8, 4) is 17.1 Å². The molecule has 10 heteroatoms. The average molecular weight is 514 g/mol. The van der Waals surface area contributed by atoms with E-state index < -0.39 is 11.9 Å². The van der Waals surface area contributed by atoms with Crippen molar-refractivity contribution in [3.05, 3.63) is 65.0 Å². The van der Waals surface area contributed by atoms with Crippen LogP contribution in [0.15, 0.2) is 47.3 Å². The molecule has 3 aromatic rings. The quantitative estimate of drug-likeness (QED) is 0.529. The lowest BCUT2D eigenvalue weighted by Crippen LogP contribution is -2.52. The summed E-state index contributed by atoms with van der Waals surface area (Å²) in [5.74, 6) is 0.553. The summed E-state index contributed by atoms with van der Waals surface area (Å²) in [6, 6.07) is 11.6. The Bertz CT molecular complexity index is 1440. The van der Waals surface area contributed by atoms with E-state index in [0.717, 1.165) is 49.4 Å². The number of benzene rings is 2. The zero-order valence-corrected chi connectivity index (χ0v) is 20.8. The molecule has 5 heterocycles. The zero-order chi connectivity index (χ0) is 25.9. The molecule has 0 saturated carbocycles. The summed E-state index contributed by atoms with van der Waals surface area (Å²) in [4.78, 5) is 45.4. The number of nitrogens with one attached hydrogen (secondary N) is 1. The van der Waals surface area contributed by atoms with E-state index in [2.05, 4.69) is 38.6 Å². The number of amides is 3. The predicted molar refractivity (Wildman–Crippen MR) is 134 cm³/mol. The molecule has 1 aromatic heterocycles. The molecule has 3 amide bonds. The summed E-state index contributed by atoms with van der Waals surface area (Å²) in [5.41, 5.74) is 4.72. The third-order valence-electron chi connectivity index (χ3n) is 8.50. The van der Waals surface area contributed by atoms with Gasteiger partial charge in [-0.3, -0.25) is 24.6 Å². The van der Waals surface area contributed by atoms with E-state index in [9.17, 15) is 14.4 Å². The van der Waals surface area contributed by atoms with Crippen LogP contribution in [-0.4, -0.2) is 63.4 Å². The number of likely N-dealkylation sites (tertiary alicyclic amines) is 1. The minimum Gasteiger partial charge on any atom is -0.492 e. The van der Waals surface area contributed by atoms with Gasteiger partial charge in [-0.1, -0.05) is 29.4 Å². The molecule has 38 heavy (non-hydrogen) atoms. The minimum absolute atomic E-state index is 0.0710. The molecule has 1 spiro atoms. The highest BCUT2D eigenvalue weighted by Gasteiger charge is 2.47. The summed E-state index contributed by atoms with van der Waals surface area (Å²) in [6.07, 6.45) is 3.87. The molecular formula is C28H27N5O5. The molecule has 4 aliphatic heterocycles. The van der Waals surface area contributed by atoms with Gasteiger partial charge in [0.15, 0.2) is 0 Å². The number of hydrogen-bond acceptors (Lipinski definition) is 8. The Labute approximate surface area is 218 Å². The third kappa shape index (κ3) is 3.70. The Kier molecular flexibility index (Phi) is 5.33. The molecule has 0 bridgehead atoms. The second kappa shape index (κ2) is 8.76. The summed E-state index contributed by atoms with van der Waals surface area (Å²) in [5, 5.41) is 6.31. The van der Waals surface area contributed by atoms with Gasteiger partial charge in [0, 0.05) is 40.6 Å². The van der Waals surface area contributed by atoms with E-state index in [1.807, 2.05) is 18.2 Å². The molecule has 2 fully saturated rings. The highest BCUT2D eigenvalue weighted by atomic mass is 16.5. The van der Waals surface area contributed by atoms with E-state index in [0.29, 0.717) is 31.0 Å². The summed E-state index contributed by atoms with van der Waals surface area (Å²) in [6.45, 7) is 3.66. The first-order chi connectivity index (χ1) is 18.5. The van der Waals surface area contributed by atoms with E-state index in [-0.39, 0.29) is 23.7 Å². The highest BCUT2D eigenvalue weighted by Crippen LogP contribution is 2.49. The van der Waals surface area contributed by atoms with Gasteiger partial charge in [0.05, 0.1) is 13.2 Å². The molecule has 4 aliphatic rings. The van der Waals surface area contributed by atoms with Crippen molar-refractivity contribution in [3.63, 3.8) is 0 Å². The molecule has 0 radical (unpaired) electrons. The van der Waals surface area contributed by atoms with E-state index >= 15 is 0 Å². The van der Waals surface area contributed by atoms with Crippen LogP contribution in [0.2, 0.25) is 0 Å². The first kappa shape index (κ1) is 23.1. The highest BCUT2D eigenvalue weighted by molar-refractivity contribution is 6.05. The fourth-order valence-corrected chi connectivity index (χ4v) is 6.40. The second-order valence-electron chi connectivity index (χ2n) is 10.7. The molecule has 1 N–H and O–H groups in total. The van der Waals surface area contributed by atoms with Crippen LogP contribution >= 0.6 is 0 Å². The van der Waals surface area contributed by atoms with Gasteiger partial charge >= 0.3 is 0 Å². The predicted octanol–water partition coefficient (Wildman–Crippen LogP) is 2.42. The zero-order valence-electron chi connectivity index (χ0n) is 20.8. The van der Waals surface area contributed by atoms with Crippen molar-refractivity contribution in [1.82, 2.24) is 25.3 Å². The van der Waals surface area contributed by atoms with Crippen molar-refractivity contribution in [2.75, 3.05) is 19.7 Å². The normalized spacial score (nSPS) is 22.4. The molecule has 0 aliphatic carbocycles. The molecule has 7 rings (SSSR count). The minimum atomic E-state index is -0.625. The van der Waals surface area contributed by atoms with Crippen molar-refractivity contribution in [2.24, 2.45) is 0 Å². The molecule has 1 atom stereocenters. The standard InChI is InChI=1S/C28H27N5O5/c34-23-7-6-22(26(35)30-23)33-14-20-19(27(33)36)4-5-21-24(20)37-15-28(21)8-10-32(11-9-28)13-17-2-1-3-18(12-17)25-29-16-38-31-25/h1-5,12,16,22H,6-11,13-15H2,(H,30,34,35). The molecule has 1 unspecified atom stereocenters. The Morgan fingerprint density at radius 3 is 2.76 bits per heavy atom. The largest absolute Gasteiger partial charge is 0.492 e. The van der Waals surface area contributed by atoms with Crippen LogP contribution in [0.3, 0.4) is 0 Å². The maximum atomic E-state index is 13.2. The van der Waals surface area contributed by atoms with Gasteiger partial charge < -0.3 is 14.2 Å². The second-order valence-corrected chi connectivity index (χ2v) is 10.7. The number of hydrogen-bond donors (Lipinski definition) is 1. The Hall–Kier alpha value is -4.05.